The predicted molar refractivity (Wildman–Crippen MR) is 89.0 cm³/mol. The molecule has 1 atom stereocenters. The van der Waals surface area contributed by atoms with E-state index in [0.29, 0.717) is 12.0 Å². The molecule has 0 radical (unpaired) electrons. The molecule has 0 saturated carbocycles. The van der Waals surface area contributed by atoms with E-state index in [1.165, 1.54) is 5.56 Å². The van der Waals surface area contributed by atoms with E-state index in [-0.39, 0.29) is 18.4 Å². The number of aliphatic carboxylic acids is 1. The number of hydrogen-bond donors (Lipinski definition) is 3. The first kappa shape index (κ1) is 16.2. The summed E-state index contributed by atoms with van der Waals surface area (Å²) < 4.78 is 0. The first-order valence-electron chi connectivity index (χ1n) is 8.18. The number of carboxylic acids is 1. The van der Waals surface area contributed by atoms with Crippen LogP contribution in [0.1, 0.15) is 45.7 Å². The number of nitrogens with zero attached hydrogens (tertiary/aromatic N) is 1. The summed E-state index contributed by atoms with van der Waals surface area (Å²) in [6.45, 7) is 2.00. The van der Waals surface area contributed by atoms with Gasteiger partial charge in [0.05, 0.1) is 5.69 Å². The van der Waals surface area contributed by atoms with Crippen molar-refractivity contribution in [1.82, 2.24) is 15.5 Å². The van der Waals surface area contributed by atoms with Crippen LogP contribution in [-0.4, -0.2) is 33.2 Å². The Morgan fingerprint density at radius 1 is 1.38 bits per heavy atom. The summed E-state index contributed by atoms with van der Waals surface area (Å²) >= 11 is 0. The zero-order valence-electron chi connectivity index (χ0n) is 13.6. The molecule has 1 aliphatic rings. The molecular weight excluding hydrogens is 306 g/mol. The molecule has 6 nitrogen and oxygen atoms in total. The van der Waals surface area contributed by atoms with Gasteiger partial charge in [-0.2, -0.15) is 5.10 Å². The fraction of sp³-hybridized carbons (Fsp3) is 0.389. The van der Waals surface area contributed by atoms with Gasteiger partial charge in [-0.25, -0.2) is 0 Å². The highest BCUT2D eigenvalue weighted by Gasteiger charge is 2.24. The Morgan fingerprint density at radius 3 is 2.96 bits per heavy atom. The molecule has 3 rings (SSSR count). The number of carboxylic acid groups (broad SMARTS) is 1. The van der Waals surface area contributed by atoms with E-state index in [1.54, 1.807) is 12.1 Å². The van der Waals surface area contributed by atoms with Crippen LogP contribution in [0.15, 0.2) is 24.3 Å². The first-order valence-corrected chi connectivity index (χ1v) is 8.18. The Bertz CT molecular complexity index is 767. The third-order valence-corrected chi connectivity index (χ3v) is 4.55. The summed E-state index contributed by atoms with van der Waals surface area (Å²) in [6, 6.07) is 7.28. The van der Waals surface area contributed by atoms with E-state index in [1.807, 2.05) is 19.1 Å². The van der Waals surface area contributed by atoms with Crippen molar-refractivity contribution in [2.75, 3.05) is 0 Å². The van der Waals surface area contributed by atoms with Crippen LogP contribution < -0.4 is 5.32 Å². The van der Waals surface area contributed by atoms with E-state index in [9.17, 15) is 9.59 Å². The minimum Gasteiger partial charge on any atom is -0.481 e. The fourth-order valence-electron chi connectivity index (χ4n) is 3.23. The number of carbonyl (C=O) groups excluding carboxylic acids is 1. The maximum absolute atomic E-state index is 12.6. The van der Waals surface area contributed by atoms with Crippen molar-refractivity contribution < 1.29 is 14.7 Å². The molecule has 0 saturated heterocycles. The maximum Gasteiger partial charge on any atom is 0.303 e. The number of benzene rings is 1. The van der Waals surface area contributed by atoms with Gasteiger partial charge in [-0.1, -0.05) is 18.2 Å². The standard InChI is InChI=1S/C18H21N3O3/c1-11-15-10-13(7-8-16(15)21-20-11)19-18(24)14-5-3-2-4-12(14)6-9-17(22)23/h2-5,13H,6-10H2,1H3,(H,19,24)(H,20,21)(H,22,23). The van der Waals surface area contributed by atoms with E-state index < -0.39 is 5.97 Å². The molecule has 126 valence electrons. The molecular formula is C18H21N3O3. The molecule has 0 aliphatic heterocycles. The molecule has 0 fully saturated rings. The molecule has 0 bridgehead atoms. The molecule has 3 N–H and O–H groups in total. The summed E-state index contributed by atoms with van der Waals surface area (Å²) in [5.74, 6) is -0.994. The minimum absolute atomic E-state index is 0.0191. The van der Waals surface area contributed by atoms with Gasteiger partial charge in [0.2, 0.25) is 0 Å². The third-order valence-electron chi connectivity index (χ3n) is 4.55. The predicted octanol–water partition coefficient (Wildman–Crippen LogP) is 2.02. The largest absolute Gasteiger partial charge is 0.481 e. The van der Waals surface area contributed by atoms with E-state index in [4.69, 9.17) is 5.11 Å². The van der Waals surface area contributed by atoms with Gasteiger partial charge in [0.1, 0.15) is 0 Å². The summed E-state index contributed by atoms with van der Waals surface area (Å²) in [4.78, 5) is 23.4. The smallest absolute Gasteiger partial charge is 0.303 e. The second-order valence-electron chi connectivity index (χ2n) is 6.24. The number of fused-ring (bicyclic) bond motifs is 1. The lowest BCUT2D eigenvalue weighted by atomic mass is 9.91. The van der Waals surface area contributed by atoms with Crippen molar-refractivity contribution in [3.63, 3.8) is 0 Å². The highest BCUT2D eigenvalue weighted by molar-refractivity contribution is 5.96. The van der Waals surface area contributed by atoms with Crippen LogP contribution in [0.3, 0.4) is 0 Å². The van der Waals surface area contributed by atoms with Crippen LogP contribution in [0.25, 0.3) is 0 Å². The Balaban J connectivity index is 1.70. The SMILES string of the molecule is Cc1[nH]nc2c1CC(NC(=O)c1ccccc1CCC(=O)O)CC2. The summed E-state index contributed by atoms with van der Waals surface area (Å²) in [7, 11) is 0. The van der Waals surface area contributed by atoms with Gasteiger partial charge >= 0.3 is 5.97 Å². The fourth-order valence-corrected chi connectivity index (χ4v) is 3.23. The summed E-state index contributed by atoms with van der Waals surface area (Å²) in [6.07, 6.45) is 2.87. The number of aryl methyl sites for hydroxylation is 3. The molecule has 0 spiro atoms. The van der Waals surface area contributed by atoms with Gasteiger partial charge < -0.3 is 10.4 Å². The number of H-pyrrole nitrogens is 1. The number of nitrogens with one attached hydrogen (secondary N) is 2. The lowest BCUT2D eigenvalue weighted by Crippen LogP contribution is -2.39. The Kier molecular flexibility index (Phi) is 4.64. The number of hydrogen-bond acceptors (Lipinski definition) is 3. The van der Waals surface area contributed by atoms with Gasteiger partial charge in [0, 0.05) is 23.7 Å². The lowest BCUT2D eigenvalue weighted by molar-refractivity contribution is -0.136. The van der Waals surface area contributed by atoms with Gasteiger partial charge in [0.25, 0.3) is 5.91 Å². The average Bonchev–Trinajstić information content (AvgIpc) is 2.94. The Morgan fingerprint density at radius 2 is 2.17 bits per heavy atom. The van der Waals surface area contributed by atoms with Crippen LogP contribution in [0, 0.1) is 6.92 Å². The highest BCUT2D eigenvalue weighted by Crippen LogP contribution is 2.22. The van der Waals surface area contributed by atoms with E-state index in [0.717, 1.165) is 36.2 Å². The zero-order chi connectivity index (χ0) is 17.1. The Hall–Kier alpha value is -2.63. The second-order valence-corrected chi connectivity index (χ2v) is 6.24. The first-order chi connectivity index (χ1) is 11.5. The molecule has 1 amide bonds. The summed E-state index contributed by atoms with van der Waals surface area (Å²) in [5, 5.41) is 19.2. The lowest BCUT2D eigenvalue weighted by Gasteiger charge is -2.23. The molecule has 1 unspecified atom stereocenters. The third kappa shape index (κ3) is 3.48. The highest BCUT2D eigenvalue weighted by atomic mass is 16.4. The number of amides is 1. The average molecular weight is 327 g/mol. The zero-order valence-corrected chi connectivity index (χ0v) is 13.6. The van der Waals surface area contributed by atoms with Crippen molar-refractivity contribution in [2.24, 2.45) is 0 Å². The molecule has 24 heavy (non-hydrogen) atoms. The van der Waals surface area contributed by atoms with Gasteiger partial charge in [-0.3, -0.25) is 14.7 Å². The van der Waals surface area contributed by atoms with Crippen molar-refractivity contribution in [3.05, 3.63) is 52.3 Å². The summed E-state index contributed by atoms with van der Waals surface area (Å²) in [5.41, 5.74) is 4.69. The number of aromatic amines is 1. The normalized spacial score (nSPS) is 16.5. The minimum atomic E-state index is -0.861. The molecule has 1 heterocycles. The second kappa shape index (κ2) is 6.86. The van der Waals surface area contributed by atoms with Crippen molar-refractivity contribution in [1.29, 1.82) is 0 Å². The van der Waals surface area contributed by atoms with Crippen molar-refractivity contribution in [2.45, 2.75) is 45.1 Å². The van der Waals surface area contributed by atoms with Crippen LogP contribution in [0.2, 0.25) is 0 Å². The Labute approximate surface area is 140 Å². The van der Waals surface area contributed by atoms with Gasteiger partial charge in [-0.05, 0) is 49.8 Å². The van der Waals surface area contributed by atoms with Crippen molar-refractivity contribution in [3.8, 4) is 0 Å². The van der Waals surface area contributed by atoms with Crippen LogP contribution in [-0.2, 0) is 24.1 Å². The van der Waals surface area contributed by atoms with Gasteiger partial charge in [0.15, 0.2) is 0 Å². The van der Waals surface area contributed by atoms with E-state index in [2.05, 4.69) is 15.5 Å². The van der Waals surface area contributed by atoms with Crippen LogP contribution in [0.4, 0.5) is 0 Å². The molecule has 1 aromatic heterocycles. The number of aromatic nitrogens is 2. The topological polar surface area (TPSA) is 95.1 Å². The maximum atomic E-state index is 12.6. The molecule has 2 aromatic rings. The van der Waals surface area contributed by atoms with Crippen molar-refractivity contribution >= 4 is 11.9 Å². The van der Waals surface area contributed by atoms with E-state index >= 15 is 0 Å². The molecule has 6 heteroatoms. The number of rotatable bonds is 5. The number of carbonyl (C=O) groups is 2. The quantitative estimate of drug-likeness (QED) is 0.783. The van der Waals surface area contributed by atoms with Crippen LogP contribution in [0.5, 0.6) is 0 Å². The molecule has 1 aromatic carbocycles. The monoisotopic (exact) mass is 327 g/mol. The molecule has 1 aliphatic carbocycles. The van der Waals surface area contributed by atoms with Gasteiger partial charge in [-0.15, -0.1) is 0 Å². The van der Waals surface area contributed by atoms with Crippen LogP contribution >= 0.6 is 0 Å².